The van der Waals surface area contributed by atoms with E-state index in [1.165, 1.54) is 24.8 Å². The highest BCUT2D eigenvalue weighted by atomic mass is 16.5. The second kappa shape index (κ2) is 11.3. The summed E-state index contributed by atoms with van der Waals surface area (Å²) in [6.45, 7) is 7.70. The Hall–Kier alpha value is -2.44. The van der Waals surface area contributed by atoms with Crippen molar-refractivity contribution in [1.29, 1.82) is 0 Å². The standard InChI is InChI=1S/C24H40N4O3/c1-7-26-21(29)23(2,3)16-27-22(25-4)28-17-24(13-9-8-10-14-24)18-11-12-19(30-5)20(15-18)31-6/h11-12,15H,7-10,13-14,16-17H2,1-6H3,(H,26,29)(H2,25,27,28). The largest absolute Gasteiger partial charge is 0.493 e. The summed E-state index contributed by atoms with van der Waals surface area (Å²) in [6, 6.07) is 6.26. The third-order valence-corrected chi connectivity index (χ3v) is 6.27. The lowest BCUT2D eigenvalue weighted by molar-refractivity contribution is -0.128. The number of benzene rings is 1. The Kier molecular flexibility index (Phi) is 9.01. The maximum absolute atomic E-state index is 12.3. The maximum atomic E-state index is 12.3. The van der Waals surface area contributed by atoms with Crippen molar-refractivity contribution < 1.29 is 14.3 Å². The lowest BCUT2D eigenvalue weighted by Crippen LogP contribution is -2.50. The molecule has 1 aliphatic rings. The van der Waals surface area contributed by atoms with Crippen LogP contribution in [0, 0.1) is 5.41 Å². The highest BCUT2D eigenvalue weighted by Crippen LogP contribution is 2.42. The average Bonchev–Trinajstić information content (AvgIpc) is 2.79. The molecule has 1 aromatic carbocycles. The van der Waals surface area contributed by atoms with E-state index in [0.717, 1.165) is 30.9 Å². The van der Waals surface area contributed by atoms with E-state index in [4.69, 9.17) is 9.47 Å². The molecule has 0 aliphatic heterocycles. The van der Waals surface area contributed by atoms with Crippen molar-refractivity contribution in [3.8, 4) is 11.5 Å². The zero-order chi connectivity index (χ0) is 22.9. The van der Waals surface area contributed by atoms with E-state index in [1.807, 2.05) is 26.8 Å². The molecule has 0 spiro atoms. The van der Waals surface area contributed by atoms with E-state index >= 15 is 0 Å². The Morgan fingerprint density at radius 1 is 1.06 bits per heavy atom. The molecule has 3 N–H and O–H groups in total. The molecule has 0 atom stereocenters. The molecular weight excluding hydrogens is 392 g/mol. The van der Waals surface area contributed by atoms with Gasteiger partial charge in [0.25, 0.3) is 0 Å². The van der Waals surface area contributed by atoms with Crippen LogP contribution in [-0.4, -0.2) is 52.8 Å². The van der Waals surface area contributed by atoms with Crippen molar-refractivity contribution in [2.45, 2.75) is 58.3 Å². The zero-order valence-electron chi connectivity index (χ0n) is 20.1. The minimum Gasteiger partial charge on any atom is -0.493 e. The number of nitrogens with zero attached hydrogens (tertiary/aromatic N) is 1. The van der Waals surface area contributed by atoms with Crippen molar-refractivity contribution >= 4 is 11.9 Å². The van der Waals surface area contributed by atoms with Gasteiger partial charge in [0, 0.05) is 32.1 Å². The molecule has 174 valence electrons. The number of methoxy groups -OCH3 is 2. The van der Waals surface area contributed by atoms with Gasteiger partial charge in [-0.15, -0.1) is 0 Å². The number of amides is 1. The first-order valence-electron chi connectivity index (χ1n) is 11.3. The number of aliphatic imine (C=N–C) groups is 1. The Morgan fingerprint density at radius 3 is 2.32 bits per heavy atom. The first kappa shape index (κ1) is 24.8. The van der Waals surface area contributed by atoms with Gasteiger partial charge in [0.15, 0.2) is 17.5 Å². The molecule has 31 heavy (non-hydrogen) atoms. The SMILES string of the molecule is CCNC(=O)C(C)(C)CNC(=NC)NCC1(c2ccc(OC)c(OC)c2)CCCCC1. The van der Waals surface area contributed by atoms with Gasteiger partial charge in [-0.1, -0.05) is 25.3 Å². The van der Waals surface area contributed by atoms with Gasteiger partial charge in [0.2, 0.25) is 5.91 Å². The lowest BCUT2D eigenvalue weighted by atomic mass is 9.69. The molecule has 1 fully saturated rings. The predicted molar refractivity (Wildman–Crippen MR) is 126 cm³/mol. The van der Waals surface area contributed by atoms with Gasteiger partial charge in [-0.25, -0.2) is 0 Å². The number of carbonyl (C=O) groups excluding carboxylic acids is 1. The summed E-state index contributed by atoms with van der Waals surface area (Å²) in [7, 11) is 5.10. The average molecular weight is 433 g/mol. The van der Waals surface area contributed by atoms with Crippen LogP contribution in [0.25, 0.3) is 0 Å². The van der Waals surface area contributed by atoms with Crippen LogP contribution in [0.3, 0.4) is 0 Å². The Labute approximate surface area is 187 Å². The van der Waals surface area contributed by atoms with Crippen LogP contribution < -0.4 is 25.4 Å². The third-order valence-electron chi connectivity index (χ3n) is 6.27. The van der Waals surface area contributed by atoms with Gasteiger partial charge in [0.1, 0.15) is 0 Å². The highest BCUT2D eigenvalue weighted by Gasteiger charge is 2.35. The number of guanidine groups is 1. The van der Waals surface area contributed by atoms with Crippen LogP contribution in [0.5, 0.6) is 11.5 Å². The van der Waals surface area contributed by atoms with Gasteiger partial charge in [0.05, 0.1) is 19.6 Å². The highest BCUT2D eigenvalue weighted by molar-refractivity contribution is 5.84. The van der Waals surface area contributed by atoms with Gasteiger partial charge in [-0.2, -0.15) is 0 Å². The minimum absolute atomic E-state index is 0.00449. The normalized spacial score (nSPS) is 16.4. The van der Waals surface area contributed by atoms with Crippen molar-refractivity contribution in [3.63, 3.8) is 0 Å². The summed E-state index contributed by atoms with van der Waals surface area (Å²) in [5.74, 6) is 2.25. The molecule has 7 nitrogen and oxygen atoms in total. The first-order valence-corrected chi connectivity index (χ1v) is 11.3. The second-order valence-corrected chi connectivity index (χ2v) is 8.93. The van der Waals surface area contributed by atoms with E-state index < -0.39 is 5.41 Å². The van der Waals surface area contributed by atoms with Crippen LogP contribution >= 0.6 is 0 Å². The van der Waals surface area contributed by atoms with Crippen LogP contribution in [0.2, 0.25) is 0 Å². The van der Waals surface area contributed by atoms with Crippen molar-refractivity contribution in [3.05, 3.63) is 23.8 Å². The lowest BCUT2D eigenvalue weighted by Gasteiger charge is -2.39. The van der Waals surface area contributed by atoms with Crippen molar-refractivity contribution in [2.24, 2.45) is 10.4 Å². The summed E-state index contributed by atoms with van der Waals surface area (Å²) in [5, 5.41) is 9.75. The van der Waals surface area contributed by atoms with Gasteiger partial charge >= 0.3 is 0 Å². The molecule has 1 aliphatic carbocycles. The molecule has 0 saturated heterocycles. The van der Waals surface area contributed by atoms with E-state index in [-0.39, 0.29) is 11.3 Å². The fourth-order valence-corrected chi connectivity index (χ4v) is 4.22. The van der Waals surface area contributed by atoms with Crippen LogP contribution in [-0.2, 0) is 10.2 Å². The molecule has 2 rings (SSSR count). The van der Waals surface area contributed by atoms with Gasteiger partial charge in [-0.3, -0.25) is 9.79 Å². The monoisotopic (exact) mass is 432 g/mol. The Bertz CT molecular complexity index is 755. The number of ether oxygens (including phenoxy) is 2. The quantitative estimate of drug-likeness (QED) is 0.412. The van der Waals surface area contributed by atoms with Gasteiger partial charge in [-0.05, 0) is 51.3 Å². The van der Waals surface area contributed by atoms with Crippen LogP contribution in [0.1, 0.15) is 58.4 Å². The molecule has 7 heteroatoms. The van der Waals surface area contributed by atoms with Crippen LogP contribution in [0.4, 0.5) is 0 Å². The minimum atomic E-state index is -0.528. The number of carbonyl (C=O) groups is 1. The maximum Gasteiger partial charge on any atom is 0.227 e. The summed E-state index contributed by atoms with van der Waals surface area (Å²) >= 11 is 0. The predicted octanol–water partition coefficient (Wildman–Crippen LogP) is 3.23. The summed E-state index contributed by atoms with van der Waals surface area (Å²) < 4.78 is 11.0. The molecule has 0 bridgehead atoms. The van der Waals surface area contributed by atoms with E-state index in [1.54, 1.807) is 21.3 Å². The van der Waals surface area contributed by atoms with Crippen molar-refractivity contribution in [1.82, 2.24) is 16.0 Å². The number of rotatable bonds is 9. The Balaban J connectivity index is 2.13. The Morgan fingerprint density at radius 2 is 1.74 bits per heavy atom. The van der Waals surface area contributed by atoms with Crippen molar-refractivity contribution in [2.75, 3.05) is 40.9 Å². The first-order chi connectivity index (χ1) is 14.8. The smallest absolute Gasteiger partial charge is 0.227 e. The molecule has 1 amide bonds. The summed E-state index contributed by atoms with van der Waals surface area (Å²) in [4.78, 5) is 16.7. The molecule has 0 aromatic heterocycles. The molecule has 0 heterocycles. The zero-order valence-corrected chi connectivity index (χ0v) is 20.1. The van der Waals surface area contributed by atoms with E-state index in [0.29, 0.717) is 19.0 Å². The van der Waals surface area contributed by atoms with E-state index in [2.05, 4.69) is 33.1 Å². The fraction of sp³-hybridized carbons (Fsp3) is 0.667. The van der Waals surface area contributed by atoms with E-state index in [9.17, 15) is 4.79 Å². The molecule has 0 radical (unpaired) electrons. The molecule has 0 unspecified atom stereocenters. The number of hydrogen-bond donors (Lipinski definition) is 3. The fourth-order valence-electron chi connectivity index (χ4n) is 4.22. The number of nitrogens with one attached hydrogen (secondary N) is 3. The molecule has 1 saturated carbocycles. The summed E-state index contributed by atoms with van der Waals surface area (Å²) in [5.41, 5.74) is 0.736. The topological polar surface area (TPSA) is 84.0 Å². The summed E-state index contributed by atoms with van der Waals surface area (Å²) in [6.07, 6.45) is 5.88. The number of hydrogen-bond acceptors (Lipinski definition) is 4. The second-order valence-electron chi connectivity index (χ2n) is 8.93. The molecular formula is C24H40N4O3. The molecule has 1 aromatic rings. The van der Waals surface area contributed by atoms with Crippen LogP contribution in [0.15, 0.2) is 23.2 Å². The van der Waals surface area contributed by atoms with Gasteiger partial charge < -0.3 is 25.4 Å². The third kappa shape index (κ3) is 6.28.